The fourth-order valence-corrected chi connectivity index (χ4v) is 8.87. The van der Waals surface area contributed by atoms with Crippen molar-refractivity contribution in [2.45, 2.75) is 89.9 Å². The van der Waals surface area contributed by atoms with Crippen LogP contribution in [0.5, 0.6) is 0 Å². The Labute approximate surface area is 238 Å². The van der Waals surface area contributed by atoms with Gasteiger partial charge in [0.25, 0.3) is 0 Å². The predicted molar refractivity (Wildman–Crippen MR) is 156 cm³/mol. The van der Waals surface area contributed by atoms with Gasteiger partial charge in [-0.1, -0.05) is 39.8 Å². The number of hydrogen-bond donors (Lipinski definition) is 4. The average molecular weight is 560 g/mol. The molecule has 1 aromatic rings. The van der Waals surface area contributed by atoms with Crippen LogP contribution in [-0.4, -0.2) is 54.5 Å². The van der Waals surface area contributed by atoms with E-state index in [0.29, 0.717) is 32.5 Å². The monoisotopic (exact) mass is 559 g/mol. The molecule has 8 atom stereocenters. The Morgan fingerprint density at radius 2 is 1.90 bits per heavy atom. The number of rotatable bonds is 10. The zero-order valence-corrected chi connectivity index (χ0v) is 25.0. The second kappa shape index (κ2) is 12.2. The maximum absolute atomic E-state index is 13.6. The molecule has 2 bridgehead atoms. The first-order valence-corrected chi connectivity index (χ1v) is 15.7. The quantitative estimate of drug-likeness (QED) is 0.193. The molecule has 0 aromatic heterocycles. The molecule has 8 heteroatoms. The molecule has 7 nitrogen and oxygen atoms in total. The first-order chi connectivity index (χ1) is 18.5. The molecule has 0 amide bonds. The van der Waals surface area contributed by atoms with Gasteiger partial charge in [0, 0.05) is 41.2 Å². The molecule has 0 radical (unpaired) electrons. The van der Waals surface area contributed by atoms with Gasteiger partial charge in [-0.2, -0.15) is 0 Å². The van der Waals surface area contributed by atoms with Gasteiger partial charge in [0.05, 0.1) is 11.9 Å². The number of ketones is 1. The molecule has 3 aliphatic rings. The maximum Gasteiger partial charge on any atom is 0.316 e. The van der Waals surface area contributed by atoms with Crippen LogP contribution in [-0.2, 0) is 20.9 Å². The van der Waals surface area contributed by atoms with Gasteiger partial charge in [0.2, 0.25) is 0 Å². The summed E-state index contributed by atoms with van der Waals surface area (Å²) in [6.07, 6.45) is 3.55. The zero-order chi connectivity index (χ0) is 28.4. The highest BCUT2D eigenvalue weighted by Gasteiger charge is 2.68. The molecule has 39 heavy (non-hydrogen) atoms. The number of carbonyl (C=O) groups excluding carboxylic acids is 2. The van der Waals surface area contributed by atoms with E-state index in [1.165, 1.54) is 11.8 Å². The van der Waals surface area contributed by atoms with Crippen LogP contribution < -0.4 is 16.8 Å². The van der Waals surface area contributed by atoms with Gasteiger partial charge < -0.3 is 26.6 Å². The van der Waals surface area contributed by atoms with Gasteiger partial charge in [-0.25, -0.2) is 0 Å². The van der Waals surface area contributed by atoms with E-state index in [2.05, 4.69) is 33.0 Å². The number of Topliss-reactive ketones (excluding diaryl/α,β-unsaturated/α-hetero) is 1. The number of nitrogens with two attached hydrogens (primary N) is 2. The summed E-state index contributed by atoms with van der Waals surface area (Å²) in [6.45, 7) is 11.2. The lowest BCUT2D eigenvalue weighted by Gasteiger charge is -2.62. The minimum absolute atomic E-state index is 0.0224. The number of aliphatic hydroxyl groups excluding tert-OH is 1. The van der Waals surface area contributed by atoms with Gasteiger partial charge in [0.15, 0.2) is 0 Å². The predicted octanol–water partition coefficient (Wildman–Crippen LogP) is 3.90. The molecular weight excluding hydrogens is 510 g/mol. The summed E-state index contributed by atoms with van der Waals surface area (Å²) in [5.41, 5.74) is 11.2. The third-order valence-electron chi connectivity index (χ3n) is 10.8. The van der Waals surface area contributed by atoms with Crippen molar-refractivity contribution in [2.24, 2.45) is 45.5 Å². The number of nitrogens with one attached hydrogen (secondary N) is 1. The second-order valence-corrected chi connectivity index (χ2v) is 14.0. The van der Waals surface area contributed by atoms with Gasteiger partial charge in [-0.15, -0.1) is 11.8 Å². The van der Waals surface area contributed by atoms with E-state index in [0.717, 1.165) is 42.7 Å². The molecule has 3 saturated carbocycles. The molecule has 1 aromatic carbocycles. The van der Waals surface area contributed by atoms with Crippen LogP contribution in [0.25, 0.3) is 0 Å². The Morgan fingerprint density at radius 3 is 2.56 bits per heavy atom. The topological polar surface area (TPSA) is 128 Å². The Balaban J connectivity index is 1.64. The number of hydrogen-bond acceptors (Lipinski definition) is 8. The number of carbonyl (C=O) groups is 2. The van der Waals surface area contributed by atoms with E-state index in [1.807, 2.05) is 24.3 Å². The average Bonchev–Trinajstić information content (AvgIpc) is 3.28. The lowest BCUT2D eigenvalue weighted by Crippen LogP contribution is -2.64. The van der Waals surface area contributed by atoms with E-state index in [4.69, 9.17) is 16.2 Å². The number of esters is 1. The second-order valence-electron chi connectivity index (χ2n) is 13.0. The number of ether oxygens (including phenoxy) is 1. The summed E-state index contributed by atoms with van der Waals surface area (Å²) in [4.78, 5) is 28.0. The van der Waals surface area contributed by atoms with E-state index >= 15 is 0 Å². The van der Waals surface area contributed by atoms with Gasteiger partial charge in [0.1, 0.15) is 11.9 Å². The van der Waals surface area contributed by atoms with Crippen molar-refractivity contribution in [1.82, 2.24) is 5.32 Å². The molecule has 0 heterocycles. The molecule has 218 valence electrons. The molecular formula is C31H49N3O4S. The highest BCUT2D eigenvalue weighted by atomic mass is 32.2. The van der Waals surface area contributed by atoms with Crippen LogP contribution in [0, 0.1) is 34.0 Å². The minimum atomic E-state index is -0.620. The van der Waals surface area contributed by atoms with Crippen LogP contribution in [0.2, 0.25) is 0 Å². The summed E-state index contributed by atoms with van der Waals surface area (Å²) in [5.74, 6) is 0.196. The molecule has 0 aliphatic heterocycles. The van der Waals surface area contributed by atoms with Crippen molar-refractivity contribution in [3.63, 3.8) is 0 Å². The highest BCUT2D eigenvalue weighted by Crippen LogP contribution is 2.67. The largest absolute Gasteiger partial charge is 0.461 e. The number of benzene rings is 1. The molecule has 0 unspecified atom stereocenters. The van der Waals surface area contributed by atoms with Crippen LogP contribution in [0.4, 0.5) is 0 Å². The first-order valence-electron chi connectivity index (χ1n) is 14.7. The molecule has 6 N–H and O–H groups in total. The van der Waals surface area contributed by atoms with Crippen molar-refractivity contribution in [3.8, 4) is 0 Å². The summed E-state index contributed by atoms with van der Waals surface area (Å²) in [6, 6.07) is 7.91. The Morgan fingerprint density at radius 1 is 1.18 bits per heavy atom. The first kappa shape index (κ1) is 30.5. The van der Waals surface area contributed by atoms with Crippen molar-refractivity contribution in [1.29, 1.82) is 0 Å². The smallest absolute Gasteiger partial charge is 0.316 e. The van der Waals surface area contributed by atoms with Gasteiger partial charge >= 0.3 is 5.97 Å². The zero-order valence-electron chi connectivity index (χ0n) is 24.2. The summed E-state index contributed by atoms with van der Waals surface area (Å²) in [5, 5.41) is 15.5. The normalized spacial score (nSPS) is 38.1. The SMILES string of the molecule is C[C@@H]1CC[C@@]23CCC(=O)[C@H]2[C@]1(C)[C@H](OC(=O)CSc1ccc(CN)cc1)C[C@](C)(CNCCCN)[C@@H](O)[C@@H]3C. The van der Waals surface area contributed by atoms with E-state index in [1.54, 1.807) is 0 Å². The molecule has 0 saturated heterocycles. The minimum Gasteiger partial charge on any atom is -0.461 e. The van der Waals surface area contributed by atoms with Crippen molar-refractivity contribution in [2.75, 3.05) is 25.4 Å². The lowest BCUT2D eigenvalue weighted by atomic mass is 9.44. The number of aliphatic hydroxyl groups is 1. The standard InChI is InChI=1S/C31H49N3O4S/c1-20-10-12-31-13-11-24(35)27(31)30(20,4)25(16-29(3,28(37)21(31)2)19-34-15-5-14-32)38-26(36)18-39-23-8-6-22(17-33)7-9-23/h6-9,20-21,25,27-28,34,37H,5,10-19,32-33H2,1-4H3/t20-,21+,25-,27+,28+,29-,30+,31+/m1/s1. The van der Waals surface area contributed by atoms with Crippen LogP contribution >= 0.6 is 11.8 Å². The van der Waals surface area contributed by atoms with E-state index in [9.17, 15) is 14.7 Å². The van der Waals surface area contributed by atoms with Crippen molar-refractivity contribution < 1.29 is 19.4 Å². The van der Waals surface area contributed by atoms with Gasteiger partial charge in [-0.05, 0) is 80.1 Å². The Bertz CT molecular complexity index is 1020. The van der Waals surface area contributed by atoms with E-state index in [-0.39, 0.29) is 40.7 Å². The summed E-state index contributed by atoms with van der Waals surface area (Å²) >= 11 is 1.45. The van der Waals surface area contributed by atoms with Crippen molar-refractivity contribution >= 4 is 23.5 Å². The fraction of sp³-hybridized carbons (Fsp3) is 0.742. The molecule has 3 aliphatic carbocycles. The van der Waals surface area contributed by atoms with Crippen LogP contribution in [0.3, 0.4) is 0 Å². The van der Waals surface area contributed by atoms with Crippen LogP contribution in [0.1, 0.15) is 71.8 Å². The van der Waals surface area contributed by atoms with Crippen molar-refractivity contribution in [3.05, 3.63) is 29.8 Å². The third-order valence-corrected chi connectivity index (χ3v) is 11.8. The summed E-state index contributed by atoms with van der Waals surface area (Å²) < 4.78 is 6.42. The summed E-state index contributed by atoms with van der Waals surface area (Å²) in [7, 11) is 0. The Hall–Kier alpha value is -1.45. The van der Waals surface area contributed by atoms with Crippen LogP contribution in [0.15, 0.2) is 29.2 Å². The van der Waals surface area contributed by atoms with Gasteiger partial charge in [-0.3, -0.25) is 9.59 Å². The highest BCUT2D eigenvalue weighted by molar-refractivity contribution is 8.00. The maximum atomic E-state index is 13.6. The number of thioether (sulfide) groups is 1. The molecule has 0 spiro atoms. The lowest BCUT2D eigenvalue weighted by molar-refractivity contribution is -0.210. The third kappa shape index (κ3) is 5.69. The molecule has 3 fully saturated rings. The van der Waals surface area contributed by atoms with E-state index < -0.39 is 23.0 Å². The Kier molecular flexibility index (Phi) is 9.54. The molecule has 4 rings (SSSR count). The fourth-order valence-electron chi connectivity index (χ4n) is 8.19.